The Balaban J connectivity index is 1.47. The van der Waals surface area contributed by atoms with E-state index in [9.17, 15) is 14.0 Å². The summed E-state index contributed by atoms with van der Waals surface area (Å²) in [6.45, 7) is 3.12. The quantitative estimate of drug-likeness (QED) is 0.277. The molecule has 234 valence electrons. The Hall–Kier alpha value is -3.45. The molecule has 0 unspecified atom stereocenters. The van der Waals surface area contributed by atoms with E-state index in [1.54, 1.807) is 28.3 Å². The maximum atomic E-state index is 15.4. The van der Waals surface area contributed by atoms with Crippen molar-refractivity contribution >= 4 is 23.8 Å². The van der Waals surface area contributed by atoms with Gasteiger partial charge in [0.25, 0.3) is 5.91 Å². The van der Waals surface area contributed by atoms with Crippen LogP contribution in [0.2, 0.25) is 0 Å². The second kappa shape index (κ2) is 13.7. The summed E-state index contributed by atoms with van der Waals surface area (Å²) >= 11 is 1.43. The van der Waals surface area contributed by atoms with E-state index in [1.807, 2.05) is 29.3 Å². The van der Waals surface area contributed by atoms with Crippen molar-refractivity contribution in [1.29, 1.82) is 0 Å². The molecule has 0 N–H and O–H groups in total. The predicted molar refractivity (Wildman–Crippen MR) is 158 cm³/mol. The van der Waals surface area contributed by atoms with E-state index in [1.165, 1.54) is 11.8 Å². The summed E-state index contributed by atoms with van der Waals surface area (Å²) in [4.78, 5) is 29.6. The number of unbranched alkanes of at least 4 members (excludes halogenated alkanes) is 3. The molecule has 9 nitrogen and oxygen atoms in total. The predicted octanol–water partition coefficient (Wildman–Crippen LogP) is 5.87. The molecule has 2 saturated heterocycles. The van der Waals surface area contributed by atoms with Gasteiger partial charge in [-0.1, -0.05) is 50.5 Å². The Morgan fingerprint density at radius 2 is 1.95 bits per heavy atom. The first-order valence-electron chi connectivity index (χ1n) is 15.0. The number of carbonyl (C=O) groups excluding carboxylic acids is 2. The molecule has 2 aromatic rings. The van der Waals surface area contributed by atoms with E-state index in [0.29, 0.717) is 18.6 Å². The second-order valence-corrected chi connectivity index (χ2v) is 11.9. The number of carbonyl (C=O) groups is 2. The van der Waals surface area contributed by atoms with Crippen LogP contribution in [0, 0.1) is 11.6 Å². The number of hydrogen-bond acceptors (Lipinski definition) is 9. The molecule has 4 heterocycles. The Labute approximate surface area is 259 Å². The maximum Gasteiger partial charge on any atom is 0.513 e. The summed E-state index contributed by atoms with van der Waals surface area (Å²) in [5, 5.41) is 3.60. The van der Waals surface area contributed by atoms with Gasteiger partial charge in [0, 0.05) is 29.0 Å². The van der Waals surface area contributed by atoms with Gasteiger partial charge >= 0.3 is 6.16 Å². The average molecular weight is 628 g/mol. The van der Waals surface area contributed by atoms with Crippen LogP contribution in [0.25, 0.3) is 0 Å². The monoisotopic (exact) mass is 627 g/mol. The maximum absolute atomic E-state index is 15.4. The summed E-state index contributed by atoms with van der Waals surface area (Å²) < 4.78 is 52.6. The molecule has 1 amide bonds. The van der Waals surface area contributed by atoms with Crippen LogP contribution in [-0.4, -0.2) is 72.7 Å². The van der Waals surface area contributed by atoms with Gasteiger partial charge in [0.05, 0.1) is 32.5 Å². The SMILES string of the molecule is CCCCCCOC(=O)O/C1=C2\C(=O)N3CCOC[C@H]3N([C@@H]3c4ccccc4SCc4c3ccc(F)c4F)N2/C=C\COC1. The molecular weight excluding hydrogens is 592 g/mol. The lowest BCUT2D eigenvalue weighted by atomic mass is 9.93. The van der Waals surface area contributed by atoms with Crippen molar-refractivity contribution in [3.8, 4) is 0 Å². The number of ether oxygens (including phenoxy) is 4. The third-order valence-electron chi connectivity index (χ3n) is 8.11. The van der Waals surface area contributed by atoms with Crippen LogP contribution in [0.1, 0.15) is 55.3 Å². The molecule has 0 saturated carbocycles. The third-order valence-corrected chi connectivity index (χ3v) is 9.23. The molecule has 44 heavy (non-hydrogen) atoms. The lowest BCUT2D eigenvalue weighted by Crippen LogP contribution is -2.67. The van der Waals surface area contributed by atoms with Gasteiger partial charge in [-0.25, -0.2) is 13.6 Å². The highest BCUT2D eigenvalue weighted by Gasteiger charge is 2.50. The van der Waals surface area contributed by atoms with Crippen molar-refractivity contribution < 1.29 is 37.3 Å². The smallest absolute Gasteiger partial charge is 0.434 e. The molecule has 6 rings (SSSR count). The first-order chi connectivity index (χ1) is 21.5. The molecule has 0 spiro atoms. The molecule has 0 bridgehead atoms. The van der Waals surface area contributed by atoms with E-state index >= 15 is 4.39 Å². The minimum atomic E-state index is -0.918. The van der Waals surface area contributed by atoms with E-state index in [2.05, 4.69) is 6.92 Å². The zero-order valence-electron chi connectivity index (χ0n) is 24.5. The fourth-order valence-corrected chi connectivity index (χ4v) is 7.12. The zero-order chi connectivity index (χ0) is 30.6. The summed E-state index contributed by atoms with van der Waals surface area (Å²) in [6, 6.07) is 9.82. The number of hydrogen-bond donors (Lipinski definition) is 0. The molecule has 0 aromatic heterocycles. The first-order valence-corrected chi connectivity index (χ1v) is 15.9. The minimum Gasteiger partial charge on any atom is -0.434 e. The van der Waals surface area contributed by atoms with Gasteiger partial charge in [-0.15, -0.1) is 11.8 Å². The van der Waals surface area contributed by atoms with Crippen molar-refractivity contribution in [2.24, 2.45) is 0 Å². The number of fused-ring (bicyclic) bond motifs is 4. The van der Waals surface area contributed by atoms with Gasteiger partial charge < -0.3 is 23.8 Å². The van der Waals surface area contributed by atoms with E-state index in [0.717, 1.165) is 35.8 Å². The second-order valence-electron chi connectivity index (χ2n) is 10.9. The summed E-state index contributed by atoms with van der Waals surface area (Å²) in [5.41, 5.74) is 1.77. The Bertz CT molecular complexity index is 1470. The molecule has 4 aliphatic rings. The molecular formula is C32H35F2N3O6S. The van der Waals surface area contributed by atoms with Gasteiger partial charge in [-0.05, 0) is 35.8 Å². The number of hydrazine groups is 1. The topological polar surface area (TPSA) is 80.8 Å². The van der Waals surface area contributed by atoms with Crippen molar-refractivity contribution in [1.82, 2.24) is 14.9 Å². The highest BCUT2D eigenvalue weighted by atomic mass is 32.2. The summed E-state index contributed by atoms with van der Waals surface area (Å²) in [5.74, 6) is -1.93. The van der Waals surface area contributed by atoms with E-state index in [-0.39, 0.29) is 61.7 Å². The molecule has 2 aromatic carbocycles. The standard InChI is InChI=1S/C32H35F2N3O6S/c1-2-3-4-7-16-42-32(39)43-25-18-40-15-8-13-36-30(25)31(38)35-14-17-41-19-27(35)37(36)29-21-11-12-24(33)28(34)23(21)20-44-26-10-6-5-9-22(26)29/h5-6,8-13,27,29H,2-4,7,14-20H2,1H3/b13-8-,30-25+/t27-,29+/m1/s1. The lowest BCUT2D eigenvalue weighted by Gasteiger charge is -2.54. The normalized spacial score (nSPS) is 24.2. The number of nitrogens with zero attached hydrogens (tertiary/aromatic N) is 3. The van der Waals surface area contributed by atoms with Crippen molar-refractivity contribution in [2.75, 3.05) is 39.6 Å². The Morgan fingerprint density at radius 3 is 2.82 bits per heavy atom. The Morgan fingerprint density at radius 1 is 1.09 bits per heavy atom. The highest BCUT2D eigenvalue weighted by molar-refractivity contribution is 7.98. The fourth-order valence-electron chi connectivity index (χ4n) is 6.01. The molecule has 12 heteroatoms. The van der Waals surface area contributed by atoms with Crippen LogP contribution in [0.3, 0.4) is 0 Å². The van der Waals surface area contributed by atoms with Crippen LogP contribution in [0.15, 0.2) is 65.0 Å². The first kappa shape index (κ1) is 30.6. The number of rotatable bonds is 7. The number of benzene rings is 2. The molecule has 4 aliphatic heterocycles. The highest BCUT2D eigenvalue weighted by Crippen LogP contribution is 2.47. The number of thioether (sulfide) groups is 1. The molecule has 0 aliphatic carbocycles. The molecule has 2 fully saturated rings. The van der Waals surface area contributed by atoms with Gasteiger partial charge in [-0.2, -0.15) is 5.01 Å². The number of morpholine rings is 1. The Kier molecular flexibility index (Phi) is 9.50. The van der Waals surface area contributed by atoms with Crippen molar-refractivity contribution in [2.45, 2.75) is 55.5 Å². The van der Waals surface area contributed by atoms with Crippen LogP contribution in [-0.2, 0) is 29.5 Å². The summed E-state index contributed by atoms with van der Waals surface area (Å²) in [6.07, 6.45) is 5.66. The van der Waals surface area contributed by atoms with Crippen LogP contribution in [0.5, 0.6) is 0 Å². The zero-order valence-corrected chi connectivity index (χ0v) is 25.3. The molecule has 0 radical (unpaired) electrons. The van der Waals surface area contributed by atoms with Gasteiger partial charge in [-0.3, -0.25) is 9.80 Å². The fraction of sp³-hybridized carbons (Fsp3) is 0.438. The van der Waals surface area contributed by atoms with E-state index in [4.69, 9.17) is 18.9 Å². The third kappa shape index (κ3) is 5.95. The summed E-state index contributed by atoms with van der Waals surface area (Å²) in [7, 11) is 0. The van der Waals surface area contributed by atoms with Crippen LogP contribution < -0.4 is 0 Å². The lowest BCUT2D eigenvalue weighted by molar-refractivity contribution is -0.189. The minimum absolute atomic E-state index is 0.00893. The van der Waals surface area contributed by atoms with Crippen molar-refractivity contribution in [3.63, 3.8) is 0 Å². The van der Waals surface area contributed by atoms with Gasteiger partial charge in [0.15, 0.2) is 23.1 Å². The van der Waals surface area contributed by atoms with Crippen LogP contribution in [0.4, 0.5) is 13.6 Å². The average Bonchev–Trinajstić information content (AvgIpc) is 3.18. The van der Waals surface area contributed by atoms with Crippen LogP contribution >= 0.6 is 11.8 Å². The van der Waals surface area contributed by atoms with Crippen molar-refractivity contribution in [3.05, 3.63) is 88.5 Å². The van der Waals surface area contributed by atoms with E-state index < -0.39 is 30.0 Å². The number of halogens is 2. The number of amides is 1. The molecule has 2 atom stereocenters. The van der Waals surface area contributed by atoms with Gasteiger partial charge in [0.1, 0.15) is 12.8 Å². The van der Waals surface area contributed by atoms with Gasteiger partial charge in [0.2, 0.25) is 0 Å². The largest absolute Gasteiger partial charge is 0.513 e.